The van der Waals surface area contributed by atoms with Crippen LogP contribution in [-0.2, 0) is 30.7 Å². The fourth-order valence-electron chi connectivity index (χ4n) is 1.55. The van der Waals surface area contributed by atoms with Crippen LogP contribution in [0.25, 0.3) is 0 Å². The molecule has 1 heterocycles. The predicted molar refractivity (Wildman–Crippen MR) is 71.5 cm³/mol. The van der Waals surface area contributed by atoms with Crippen molar-refractivity contribution in [3.8, 4) is 0 Å². The summed E-state index contributed by atoms with van der Waals surface area (Å²) < 4.78 is 26.3. The lowest BCUT2D eigenvalue weighted by atomic mass is 10.3. The summed E-state index contributed by atoms with van der Waals surface area (Å²) in [6.07, 6.45) is 2.55. The van der Waals surface area contributed by atoms with Gasteiger partial charge in [0.2, 0.25) is 10.0 Å². The molecule has 0 atom stereocenters. The van der Waals surface area contributed by atoms with Crippen molar-refractivity contribution in [3.05, 3.63) is 32.6 Å². The number of hydrogen-bond acceptors (Lipinski definition) is 5. The van der Waals surface area contributed by atoms with Crippen LogP contribution in [0.15, 0.2) is 15.8 Å². The Morgan fingerprint density at radius 1 is 1.21 bits per heavy atom. The third kappa shape index (κ3) is 4.62. The summed E-state index contributed by atoms with van der Waals surface area (Å²) in [5.74, 6) is 0. The minimum atomic E-state index is -3.20. The van der Waals surface area contributed by atoms with Crippen molar-refractivity contribution >= 4 is 10.0 Å². The summed E-state index contributed by atoms with van der Waals surface area (Å²) in [6, 6.07) is 0. The Labute approximate surface area is 111 Å². The molecule has 108 valence electrons. The molecule has 1 aromatic rings. The second-order valence-corrected chi connectivity index (χ2v) is 6.09. The van der Waals surface area contributed by atoms with E-state index in [1.807, 2.05) is 0 Å². The third-order valence-corrected chi connectivity index (χ3v) is 3.23. The maximum atomic E-state index is 11.8. The fraction of sp³-hybridized carbons (Fsp3) is 0.600. The van der Waals surface area contributed by atoms with E-state index in [2.05, 4.69) is 10.0 Å². The maximum Gasteiger partial charge on any atom is 0.330 e. The number of aryl methyl sites for hydroxylation is 1. The fourth-order valence-corrected chi connectivity index (χ4v) is 2.03. The van der Waals surface area contributed by atoms with Gasteiger partial charge in [0.25, 0.3) is 5.56 Å². The molecule has 8 nitrogen and oxygen atoms in total. The summed E-state index contributed by atoms with van der Waals surface area (Å²) >= 11 is 0. The molecule has 0 saturated carbocycles. The Balaban J connectivity index is 2.60. The van der Waals surface area contributed by atoms with E-state index in [1.165, 1.54) is 17.8 Å². The lowest BCUT2D eigenvalue weighted by Gasteiger charge is -2.08. The summed E-state index contributed by atoms with van der Waals surface area (Å²) in [4.78, 5) is 23.2. The van der Waals surface area contributed by atoms with Crippen LogP contribution in [-0.4, -0.2) is 36.9 Å². The van der Waals surface area contributed by atoms with Crippen molar-refractivity contribution in [3.63, 3.8) is 0 Å². The molecule has 1 rings (SSSR count). The molecule has 0 aliphatic heterocycles. The zero-order valence-corrected chi connectivity index (χ0v) is 12.0. The summed E-state index contributed by atoms with van der Waals surface area (Å²) in [7, 11) is -0.216. The molecule has 0 fully saturated rings. The average Bonchev–Trinajstić information content (AvgIpc) is 2.31. The lowest BCUT2D eigenvalue weighted by molar-refractivity contribution is 0.579. The van der Waals surface area contributed by atoms with Gasteiger partial charge in [-0.25, -0.2) is 17.9 Å². The first-order valence-corrected chi connectivity index (χ1v) is 7.52. The van der Waals surface area contributed by atoms with E-state index in [1.54, 1.807) is 7.05 Å². The monoisotopic (exact) mass is 290 g/mol. The molecule has 0 aliphatic rings. The van der Waals surface area contributed by atoms with E-state index in [0.717, 1.165) is 10.8 Å². The molecule has 0 aromatic carbocycles. The Bertz CT molecular complexity index is 659. The topological polar surface area (TPSA) is 102 Å². The number of aromatic nitrogens is 2. The number of hydrogen-bond donors (Lipinski definition) is 2. The van der Waals surface area contributed by atoms with E-state index >= 15 is 0 Å². The highest BCUT2D eigenvalue weighted by Gasteiger charge is 2.06. The second-order valence-electron chi connectivity index (χ2n) is 4.26. The van der Waals surface area contributed by atoms with Crippen LogP contribution < -0.4 is 21.3 Å². The molecule has 19 heavy (non-hydrogen) atoms. The molecule has 9 heteroatoms. The van der Waals surface area contributed by atoms with Crippen LogP contribution in [0.4, 0.5) is 0 Å². The van der Waals surface area contributed by atoms with Crippen molar-refractivity contribution < 1.29 is 8.42 Å². The third-order valence-electron chi connectivity index (χ3n) is 2.50. The first kappa shape index (κ1) is 15.6. The number of nitrogens with zero attached hydrogens (tertiary/aromatic N) is 2. The van der Waals surface area contributed by atoms with Crippen molar-refractivity contribution in [1.82, 2.24) is 19.2 Å². The van der Waals surface area contributed by atoms with Gasteiger partial charge in [-0.2, -0.15) is 0 Å². The van der Waals surface area contributed by atoms with E-state index < -0.39 is 10.0 Å². The summed E-state index contributed by atoms with van der Waals surface area (Å²) in [5.41, 5.74) is -0.289. The van der Waals surface area contributed by atoms with Gasteiger partial charge in [0.15, 0.2) is 0 Å². The molecule has 0 unspecified atom stereocenters. The molecule has 0 radical (unpaired) electrons. The van der Waals surface area contributed by atoms with Crippen LogP contribution in [0, 0.1) is 0 Å². The van der Waals surface area contributed by atoms with Crippen LogP contribution in [0.3, 0.4) is 0 Å². The van der Waals surface area contributed by atoms with Crippen LogP contribution >= 0.6 is 0 Å². The molecule has 0 bridgehead atoms. The Hall–Kier alpha value is -1.45. The highest BCUT2D eigenvalue weighted by molar-refractivity contribution is 7.88. The van der Waals surface area contributed by atoms with E-state index in [9.17, 15) is 18.0 Å². The van der Waals surface area contributed by atoms with Crippen LogP contribution in [0.1, 0.15) is 5.56 Å². The highest BCUT2D eigenvalue weighted by Crippen LogP contribution is 1.86. The number of sulfonamides is 1. The first-order chi connectivity index (χ1) is 8.72. The SMILES string of the molecule is Cn1cc(CNCCNS(C)(=O)=O)c(=O)n(C)c1=O. The van der Waals surface area contributed by atoms with Crippen molar-refractivity contribution in [1.29, 1.82) is 0 Å². The molecular weight excluding hydrogens is 272 g/mol. The molecule has 0 spiro atoms. The quantitative estimate of drug-likeness (QED) is 0.575. The minimum Gasteiger partial charge on any atom is -0.311 e. The van der Waals surface area contributed by atoms with Crippen molar-refractivity contribution in [2.45, 2.75) is 6.54 Å². The number of nitrogens with one attached hydrogen (secondary N) is 2. The van der Waals surface area contributed by atoms with Gasteiger partial charge in [0.1, 0.15) is 0 Å². The van der Waals surface area contributed by atoms with E-state index in [4.69, 9.17) is 0 Å². The molecule has 0 saturated heterocycles. The Morgan fingerprint density at radius 3 is 2.42 bits per heavy atom. The molecule has 0 aliphatic carbocycles. The highest BCUT2D eigenvalue weighted by atomic mass is 32.2. The van der Waals surface area contributed by atoms with Crippen LogP contribution in [0.2, 0.25) is 0 Å². The van der Waals surface area contributed by atoms with Crippen molar-refractivity contribution in [2.75, 3.05) is 19.3 Å². The Kier molecular flexibility index (Phi) is 5.04. The van der Waals surface area contributed by atoms with E-state index in [0.29, 0.717) is 12.1 Å². The van der Waals surface area contributed by atoms with Gasteiger partial charge < -0.3 is 9.88 Å². The van der Waals surface area contributed by atoms with E-state index in [-0.39, 0.29) is 24.3 Å². The van der Waals surface area contributed by atoms with Crippen molar-refractivity contribution in [2.24, 2.45) is 14.1 Å². The normalized spacial score (nSPS) is 11.7. The number of rotatable bonds is 6. The zero-order valence-electron chi connectivity index (χ0n) is 11.1. The summed E-state index contributed by atoms with van der Waals surface area (Å²) in [6.45, 7) is 0.899. The van der Waals surface area contributed by atoms with Gasteiger partial charge >= 0.3 is 5.69 Å². The standard InChI is InChI=1S/C10H18N4O4S/c1-13-7-8(9(15)14(2)10(13)16)6-11-4-5-12-19(3,17)18/h7,11-12H,4-6H2,1-3H3. The largest absolute Gasteiger partial charge is 0.330 e. The minimum absolute atomic E-state index is 0.241. The van der Waals surface area contributed by atoms with Gasteiger partial charge in [-0.05, 0) is 0 Å². The summed E-state index contributed by atoms with van der Waals surface area (Å²) in [5, 5.41) is 2.93. The smallest absolute Gasteiger partial charge is 0.311 e. The lowest BCUT2D eigenvalue weighted by Crippen LogP contribution is -2.40. The van der Waals surface area contributed by atoms with Gasteiger partial charge in [0, 0.05) is 45.5 Å². The maximum absolute atomic E-state index is 11.8. The van der Waals surface area contributed by atoms with Gasteiger partial charge in [-0.1, -0.05) is 0 Å². The Morgan fingerprint density at radius 2 is 1.84 bits per heavy atom. The molecule has 0 amide bonds. The average molecular weight is 290 g/mol. The molecule has 1 aromatic heterocycles. The van der Waals surface area contributed by atoms with Gasteiger partial charge in [-0.15, -0.1) is 0 Å². The predicted octanol–water partition coefficient (Wildman–Crippen LogP) is -2.28. The van der Waals surface area contributed by atoms with Crippen LogP contribution in [0.5, 0.6) is 0 Å². The molecule has 2 N–H and O–H groups in total. The van der Waals surface area contributed by atoms with Gasteiger partial charge in [0.05, 0.1) is 6.26 Å². The first-order valence-electron chi connectivity index (χ1n) is 5.63. The second kappa shape index (κ2) is 6.13. The van der Waals surface area contributed by atoms with Gasteiger partial charge in [-0.3, -0.25) is 9.36 Å². The zero-order chi connectivity index (χ0) is 14.6. The molecular formula is C10H18N4O4S.